The molecule has 0 atom stereocenters. The minimum Gasteiger partial charge on any atom is -0.356 e. The highest BCUT2D eigenvalue weighted by molar-refractivity contribution is 7.89. The molecule has 1 rings (SSSR count). The first-order valence-electron chi connectivity index (χ1n) is 5.65. The van der Waals surface area contributed by atoms with E-state index in [0.29, 0.717) is 6.54 Å². The van der Waals surface area contributed by atoms with Gasteiger partial charge in [-0.1, -0.05) is 20.8 Å². The molecule has 0 spiro atoms. The van der Waals surface area contributed by atoms with Crippen LogP contribution in [0.15, 0.2) is 17.2 Å². The molecule has 1 amide bonds. The van der Waals surface area contributed by atoms with Gasteiger partial charge in [-0.05, 0) is 17.9 Å². The van der Waals surface area contributed by atoms with E-state index < -0.39 is 10.0 Å². The van der Waals surface area contributed by atoms with E-state index in [-0.39, 0.29) is 21.9 Å². The Morgan fingerprint density at radius 3 is 2.56 bits per heavy atom. The lowest BCUT2D eigenvalue weighted by atomic mass is 9.90. The average molecular weight is 273 g/mol. The van der Waals surface area contributed by atoms with Crippen LogP contribution in [0.5, 0.6) is 0 Å². The summed E-state index contributed by atoms with van der Waals surface area (Å²) in [6.07, 6.45) is 2.13. The van der Waals surface area contributed by atoms with E-state index in [4.69, 9.17) is 5.14 Å². The Morgan fingerprint density at radius 2 is 2.11 bits per heavy atom. The number of nitrogens with two attached hydrogens (primary N) is 1. The molecule has 0 aromatic carbocycles. The van der Waals surface area contributed by atoms with Crippen LogP contribution in [0.2, 0.25) is 0 Å². The van der Waals surface area contributed by atoms with Crippen LogP contribution in [-0.2, 0) is 10.0 Å². The van der Waals surface area contributed by atoms with Crippen LogP contribution in [0, 0.1) is 5.41 Å². The van der Waals surface area contributed by atoms with Crippen molar-refractivity contribution in [2.24, 2.45) is 10.6 Å². The quantitative estimate of drug-likeness (QED) is 0.739. The van der Waals surface area contributed by atoms with Gasteiger partial charge < -0.3 is 10.3 Å². The minimum atomic E-state index is -3.77. The van der Waals surface area contributed by atoms with Crippen molar-refractivity contribution >= 4 is 15.9 Å². The second-order valence-corrected chi connectivity index (χ2v) is 6.56. The SMILES string of the molecule is CCC(C)(C)CNC(=O)c1cc(S(N)(=O)=O)c[nH]1. The standard InChI is InChI=1S/C11H19N3O3S/c1-4-11(2,3)7-14-10(15)9-5-8(6-13-9)18(12,16)17/h5-6,13H,4,7H2,1-3H3,(H,14,15)(H2,12,16,17). The van der Waals surface area contributed by atoms with E-state index in [1.807, 2.05) is 20.8 Å². The number of sulfonamides is 1. The first-order chi connectivity index (χ1) is 8.15. The fourth-order valence-electron chi connectivity index (χ4n) is 1.21. The van der Waals surface area contributed by atoms with Crippen LogP contribution in [0.25, 0.3) is 0 Å². The third kappa shape index (κ3) is 3.85. The van der Waals surface area contributed by atoms with Crippen LogP contribution < -0.4 is 10.5 Å². The number of H-pyrrole nitrogens is 1. The molecule has 4 N–H and O–H groups in total. The summed E-state index contributed by atoms with van der Waals surface area (Å²) in [5.41, 5.74) is 0.191. The average Bonchev–Trinajstić information content (AvgIpc) is 2.75. The molecular formula is C11H19N3O3S. The lowest BCUT2D eigenvalue weighted by Crippen LogP contribution is -2.33. The number of aromatic amines is 1. The topological polar surface area (TPSA) is 105 Å². The Balaban J connectivity index is 2.72. The van der Waals surface area contributed by atoms with Gasteiger partial charge in [0.25, 0.3) is 5.91 Å². The minimum absolute atomic E-state index is 0.00499. The largest absolute Gasteiger partial charge is 0.356 e. The summed E-state index contributed by atoms with van der Waals surface area (Å²) in [4.78, 5) is 14.3. The van der Waals surface area contributed by atoms with E-state index in [2.05, 4.69) is 10.3 Å². The number of primary sulfonamides is 1. The number of hydrogen-bond donors (Lipinski definition) is 3. The molecule has 0 unspecified atom stereocenters. The maximum Gasteiger partial charge on any atom is 0.267 e. The van der Waals surface area contributed by atoms with Gasteiger partial charge in [0.05, 0.1) is 4.90 Å². The Bertz CT molecular complexity index is 531. The van der Waals surface area contributed by atoms with Gasteiger partial charge in [-0.2, -0.15) is 0 Å². The van der Waals surface area contributed by atoms with Gasteiger partial charge in [0.1, 0.15) is 5.69 Å². The molecule has 0 bridgehead atoms. The van der Waals surface area contributed by atoms with E-state index >= 15 is 0 Å². The van der Waals surface area contributed by atoms with Crippen LogP contribution in [-0.4, -0.2) is 25.9 Å². The number of hydrogen-bond acceptors (Lipinski definition) is 3. The summed E-state index contributed by atoms with van der Waals surface area (Å²) in [7, 11) is -3.77. The summed E-state index contributed by atoms with van der Waals surface area (Å²) in [6, 6.07) is 1.23. The van der Waals surface area contributed by atoms with E-state index in [1.54, 1.807) is 0 Å². The fraction of sp³-hybridized carbons (Fsp3) is 0.545. The highest BCUT2D eigenvalue weighted by Crippen LogP contribution is 2.18. The van der Waals surface area contributed by atoms with Crippen molar-refractivity contribution in [1.82, 2.24) is 10.3 Å². The highest BCUT2D eigenvalue weighted by Gasteiger charge is 2.18. The lowest BCUT2D eigenvalue weighted by molar-refractivity contribution is 0.0931. The van der Waals surface area contributed by atoms with Crippen LogP contribution >= 0.6 is 0 Å². The smallest absolute Gasteiger partial charge is 0.267 e. The van der Waals surface area contributed by atoms with Gasteiger partial charge in [0.2, 0.25) is 10.0 Å². The molecule has 1 heterocycles. The van der Waals surface area contributed by atoms with Crippen molar-refractivity contribution in [2.45, 2.75) is 32.1 Å². The Hall–Kier alpha value is -1.34. The first-order valence-corrected chi connectivity index (χ1v) is 7.20. The third-order valence-electron chi connectivity index (χ3n) is 2.91. The molecule has 0 aliphatic heterocycles. The van der Waals surface area contributed by atoms with Crippen molar-refractivity contribution in [3.8, 4) is 0 Å². The fourth-order valence-corrected chi connectivity index (χ4v) is 1.71. The monoisotopic (exact) mass is 273 g/mol. The van der Waals surface area contributed by atoms with E-state index in [9.17, 15) is 13.2 Å². The van der Waals surface area contributed by atoms with Gasteiger partial charge in [-0.25, -0.2) is 13.6 Å². The Labute approximate surface area is 107 Å². The van der Waals surface area contributed by atoms with Gasteiger partial charge in [0, 0.05) is 12.7 Å². The first kappa shape index (κ1) is 14.7. The predicted molar refractivity (Wildman–Crippen MR) is 68.6 cm³/mol. The predicted octanol–water partition coefficient (Wildman–Crippen LogP) is 0.828. The molecule has 1 aromatic heterocycles. The molecule has 0 saturated heterocycles. The molecule has 1 aromatic rings. The number of nitrogens with one attached hydrogen (secondary N) is 2. The molecule has 7 heteroatoms. The number of carbonyl (C=O) groups excluding carboxylic acids is 1. The number of aromatic nitrogens is 1. The van der Waals surface area contributed by atoms with Crippen molar-refractivity contribution in [3.05, 3.63) is 18.0 Å². The summed E-state index contributed by atoms with van der Waals surface area (Å²) in [5.74, 6) is -0.341. The zero-order valence-corrected chi connectivity index (χ0v) is 11.6. The van der Waals surface area contributed by atoms with Crippen LogP contribution in [0.1, 0.15) is 37.7 Å². The normalized spacial score (nSPS) is 12.4. The van der Waals surface area contributed by atoms with Gasteiger partial charge in [0.15, 0.2) is 0 Å². The number of rotatable bonds is 5. The second kappa shape index (κ2) is 5.11. The summed E-state index contributed by atoms with van der Waals surface area (Å²) < 4.78 is 22.1. The maximum atomic E-state index is 11.8. The maximum absolute atomic E-state index is 11.8. The van der Waals surface area contributed by atoms with Gasteiger partial charge >= 0.3 is 0 Å². The summed E-state index contributed by atoms with van der Waals surface area (Å²) in [5, 5.41) is 7.70. The second-order valence-electron chi connectivity index (χ2n) is 4.99. The van der Waals surface area contributed by atoms with Gasteiger partial charge in [-0.15, -0.1) is 0 Å². The Kier molecular flexibility index (Phi) is 4.18. The zero-order chi connectivity index (χ0) is 14.0. The van der Waals surface area contributed by atoms with E-state index in [1.165, 1.54) is 12.3 Å². The zero-order valence-electron chi connectivity index (χ0n) is 10.8. The van der Waals surface area contributed by atoms with Crippen LogP contribution in [0.4, 0.5) is 0 Å². The van der Waals surface area contributed by atoms with Crippen molar-refractivity contribution in [2.75, 3.05) is 6.54 Å². The molecule has 18 heavy (non-hydrogen) atoms. The van der Waals surface area contributed by atoms with Crippen molar-refractivity contribution in [1.29, 1.82) is 0 Å². The lowest BCUT2D eigenvalue weighted by Gasteiger charge is -2.22. The summed E-state index contributed by atoms with van der Waals surface area (Å²) in [6.45, 7) is 6.64. The molecule has 0 fully saturated rings. The Morgan fingerprint density at radius 1 is 1.50 bits per heavy atom. The number of carbonyl (C=O) groups is 1. The molecule has 0 saturated carbocycles. The van der Waals surface area contributed by atoms with Gasteiger partial charge in [-0.3, -0.25) is 4.79 Å². The summed E-state index contributed by atoms with van der Waals surface area (Å²) >= 11 is 0. The highest BCUT2D eigenvalue weighted by atomic mass is 32.2. The molecule has 0 radical (unpaired) electrons. The third-order valence-corrected chi connectivity index (χ3v) is 3.81. The van der Waals surface area contributed by atoms with Crippen molar-refractivity contribution < 1.29 is 13.2 Å². The van der Waals surface area contributed by atoms with Crippen molar-refractivity contribution in [3.63, 3.8) is 0 Å². The molecule has 6 nitrogen and oxygen atoms in total. The molecule has 0 aliphatic carbocycles. The van der Waals surface area contributed by atoms with E-state index in [0.717, 1.165) is 6.42 Å². The molecule has 102 valence electrons. The molecular weight excluding hydrogens is 254 g/mol. The molecule has 0 aliphatic rings. The van der Waals surface area contributed by atoms with Crippen LogP contribution in [0.3, 0.4) is 0 Å². The number of amides is 1.